The molecule has 2 N–H and O–H groups in total. The summed E-state index contributed by atoms with van der Waals surface area (Å²) >= 11 is 0. The minimum Gasteiger partial charge on any atom is -0.463 e. The molecule has 0 aliphatic rings. The van der Waals surface area contributed by atoms with Crippen molar-refractivity contribution >= 4 is 5.69 Å². The standard InChI is InChI=1S/C16H15F3N2O2/c1-10-3-6-14(23-10)15(2,22)9-21-13-7-11(8-20)4-5-12(13)16(17,18)19/h3-7,21-22H,9H2,1-2H3. The lowest BCUT2D eigenvalue weighted by atomic mass is 10.0. The molecule has 4 nitrogen and oxygen atoms in total. The van der Waals surface area contributed by atoms with Gasteiger partial charge in [0.25, 0.3) is 0 Å². The van der Waals surface area contributed by atoms with Crippen LogP contribution in [0.5, 0.6) is 0 Å². The molecule has 0 aliphatic carbocycles. The quantitative estimate of drug-likeness (QED) is 0.897. The number of halogens is 3. The van der Waals surface area contributed by atoms with Crippen molar-refractivity contribution in [2.75, 3.05) is 11.9 Å². The Hall–Kier alpha value is -2.46. The fraction of sp³-hybridized carbons (Fsp3) is 0.312. The maximum absolute atomic E-state index is 13.0. The Morgan fingerprint density at radius 3 is 2.48 bits per heavy atom. The van der Waals surface area contributed by atoms with Crippen molar-refractivity contribution in [3.05, 3.63) is 53.0 Å². The molecule has 0 aliphatic heterocycles. The van der Waals surface area contributed by atoms with Crippen LogP contribution in [0.15, 0.2) is 34.7 Å². The van der Waals surface area contributed by atoms with Gasteiger partial charge in [-0.3, -0.25) is 0 Å². The molecule has 7 heteroatoms. The van der Waals surface area contributed by atoms with Crippen LogP contribution >= 0.6 is 0 Å². The van der Waals surface area contributed by atoms with Crippen LogP contribution in [0.25, 0.3) is 0 Å². The predicted molar refractivity (Wildman–Crippen MR) is 77.7 cm³/mol. The first-order chi connectivity index (χ1) is 10.6. The van der Waals surface area contributed by atoms with E-state index >= 15 is 0 Å². The van der Waals surface area contributed by atoms with Gasteiger partial charge in [0.05, 0.1) is 23.7 Å². The van der Waals surface area contributed by atoms with E-state index in [1.165, 1.54) is 6.92 Å². The number of nitrogens with zero attached hydrogens (tertiary/aromatic N) is 1. The van der Waals surface area contributed by atoms with Crippen molar-refractivity contribution in [2.45, 2.75) is 25.6 Å². The summed E-state index contributed by atoms with van der Waals surface area (Å²) in [4.78, 5) is 0. The maximum atomic E-state index is 13.0. The Balaban J connectivity index is 2.27. The van der Waals surface area contributed by atoms with Crippen LogP contribution in [-0.2, 0) is 11.8 Å². The molecule has 1 unspecified atom stereocenters. The number of aliphatic hydroxyl groups is 1. The summed E-state index contributed by atoms with van der Waals surface area (Å²) in [6.07, 6.45) is -4.57. The highest BCUT2D eigenvalue weighted by Gasteiger charge is 2.34. The summed E-state index contributed by atoms with van der Waals surface area (Å²) in [5.41, 5.74) is -2.57. The largest absolute Gasteiger partial charge is 0.463 e. The third-order valence-corrected chi connectivity index (χ3v) is 3.35. The van der Waals surface area contributed by atoms with Gasteiger partial charge in [-0.25, -0.2) is 0 Å². The number of rotatable bonds is 4. The zero-order valence-electron chi connectivity index (χ0n) is 12.5. The van der Waals surface area contributed by atoms with Gasteiger partial charge in [-0.2, -0.15) is 18.4 Å². The van der Waals surface area contributed by atoms with Gasteiger partial charge in [-0.05, 0) is 44.2 Å². The third kappa shape index (κ3) is 3.85. The molecular formula is C16H15F3N2O2. The Labute approximate surface area is 131 Å². The normalized spacial score (nSPS) is 14.1. The predicted octanol–water partition coefficient (Wildman–Crippen LogP) is 3.80. The summed E-state index contributed by atoms with van der Waals surface area (Å²) in [5.74, 6) is 0.829. The van der Waals surface area contributed by atoms with Crippen LogP contribution in [0.1, 0.15) is 29.6 Å². The first-order valence-electron chi connectivity index (χ1n) is 6.78. The van der Waals surface area contributed by atoms with E-state index in [9.17, 15) is 18.3 Å². The SMILES string of the molecule is Cc1ccc(C(C)(O)CNc2cc(C#N)ccc2C(F)(F)F)o1. The molecule has 0 fully saturated rings. The van der Waals surface area contributed by atoms with Gasteiger partial charge in [0.1, 0.15) is 17.1 Å². The molecule has 0 spiro atoms. The van der Waals surface area contributed by atoms with Crippen LogP contribution in [0, 0.1) is 18.3 Å². The van der Waals surface area contributed by atoms with E-state index in [1.54, 1.807) is 25.1 Å². The van der Waals surface area contributed by atoms with Crippen LogP contribution in [0.2, 0.25) is 0 Å². The van der Waals surface area contributed by atoms with E-state index in [0.29, 0.717) is 5.76 Å². The molecular weight excluding hydrogens is 309 g/mol. The molecule has 0 bridgehead atoms. The molecule has 1 aromatic carbocycles. The fourth-order valence-corrected chi connectivity index (χ4v) is 2.09. The van der Waals surface area contributed by atoms with Crippen molar-refractivity contribution in [2.24, 2.45) is 0 Å². The zero-order chi connectivity index (χ0) is 17.3. The summed E-state index contributed by atoms with van der Waals surface area (Å²) in [6.45, 7) is 2.92. The van der Waals surface area contributed by atoms with Crippen molar-refractivity contribution in [1.29, 1.82) is 5.26 Å². The molecule has 1 heterocycles. The molecule has 23 heavy (non-hydrogen) atoms. The molecule has 1 atom stereocenters. The molecule has 122 valence electrons. The second-order valence-electron chi connectivity index (χ2n) is 5.41. The second-order valence-corrected chi connectivity index (χ2v) is 5.41. The smallest absolute Gasteiger partial charge is 0.418 e. The molecule has 1 aromatic heterocycles. The third-order valence-electron chi connectivity index (χ3n) is 3.35. The molecule has 2 rings (SSSR count). The number of alkyl halides is 3. The topological polar surface area (TPSA) is 69.2 Å². The number of nitrogens with one attached hydrogen (secondary N) is 1. The highest BCUT2D eigenvalue weighted by Crippen LogP contribution is 2.36. The van der Waals surface area contributed by atoms with E-state index in [2.05, 4.69) is 5.32 Å². The highest BCUT2D eigenvalue weighted by atomic mass is 19.4. The molecule has 2 aromatic rings. The molecule has 0 saturated heterocycles. The van der Waals surface area contributed by atoms with Gasteiger partial charge >= 0.3 is 6.18 Å². The second kappa shape index (κ2) is 5.97. The number of furan rings is 1. The maximum Gasteiger partial charge on any atom is 0.418 e. The Morgan fingerprint density at radius 2 is 1.96 bits per heavy atom. The van der Waals surface area contributed by atoms with Gasteiger partial charge in [0, 0.05) is 5.69 Å². The highest BCUT2D eigenvalue weighted by molar-refractivity contribution is 5.57. The van der Waals surface area contributed by atoms with Crippen molar-refractivity contribution in [3.8, 4) is 6.07 Å². The molecule has 0 radical (unpaired) electrons. The summed E-state index contributed by atoms with van der Waals surface area (Å²) in [5, 5.41) is 21.8. The minimum absolute atomic E-state index is 0.0917. The average molecular weight is 324 g/mol. The minimum atomic E-state index is -4.57. The van der Waals surface area contributed by atoms with E-state index in [1.807, 2.05) is 0 Å². The monoisotopic (exact) mass is 324 g/mol. The van der Waals surface area contributed by atoms with Crippen LogP contribution in [-0.4, -0.2) is 11.7 Å². The van der Waals surface area contributed by atoms with Gasteiger partial charge in [-0.15, -0.1) is 0 Å². The number of benzene rings is 1. The number of aryl methyl sites for hydroxylation is 1. The van der Waals surface area contributed by atoms with E-state index in [4.69, 9.17) is 9.68 Å². The Morgan fingerprint density at radius 1 is 1.26 bits per heavy atom. The lowest BCUT2D eigenvalue weighted by molar-refractivity contribution is -0.137. The number of hydrogen-bond acceptors (Lipinski definition) is 4. The first-order valence-corrected chi connectivity index (χ1v) is 6.78. The van der Waals surface area contributed by atoms with Crippen LogP contribution in [0.3, 0.4) is 0 Å². The zero-order valence-corrected chi connectivity index (χ0v) is 12.5. The Kier molecular flexibility index (Phi) is 4.39. The average Bonchev–Trinajstić information content (AvgIpc) is 2.91. The van der Waals surface area contributed by atoms with E-state index < -0.39 is 17.3 Å². The van der Waals surface area contributed by atoms with E-state index in [0.717, 1.165) is 18.2 Å². The van der Waals surface area contributed by atoms with Crippen LogP contribution < -0.4 is 5.32 Å². The number of anilines is 1. The summed E-state index contributed by atoms with van der Waals surface area (Å²) in [6, 6.07) is 8.05. The van der Waals surface area contributed by atoms with Crippen molar-refractivity contribution < 1.29 is 22.7 Å². The van der Waals surface area contributed by atoms with Gasteiger partial charge < -0.3 is 14.8 Å². The summed E-state index contributed by atoms with van der Waals surface area (Å²) in [7, 11) is 0. The number of hydrogen-bond donors (Lipinski definition) is 2. The van der Waals surface area contributed by atoms with Gasteiger partial charge in [0.15, 0.2) is 0 Å². The first kappa shape index (κ1) is 16.9. The lowest BCUT2D eigenvalue weighted by Gasteiger charge is -2.23. The Bertz CT molecular complexity index is 743. The van der Waals surface area contributed by atoms with Crippen LogP contribution in [0.4, 0.5) is 18.9 Å². The van der Waals surface area contributed by atoms with Crippen molar-refractivity contribution in [1.82, 2.24) is 0 Å². The van der Waals surface area contributed by atoms with Crippen molar-refractivity contribution in [3.63, 3.8) is 0 Å². The molecule has 0 amide bonds. The van der Waals surface area contributed by atoms with Gasteiger partial charge in [0.2, 0.25) is 0 Å². The molecule has 0 saturated carbocycles. The van der Waals surface area contributed by atoms with E-state index in [-0.39, 0.29) is 23.6 Å². The lowest BCUT2D eigenvalue weighted by Crippen LogP contribution is -2.31. The number of nitriles is 1. The van der Waals surface area contributed by atoms with Gasteiger partial charge in [-0.1, -0.05) is 0 Å². The summed E-state index contributed by atoms with van der Waals surface area (Å²) < 4.78 is 44.4. The fourth-order valence-electron chi connectivity index (χ4n) is 2.09.